The average Bonchev–Trinajstić information content (AvgIpc) is 2.16. The zero-order valence-electron chi connectivity index (χ0n) is 8.67. The van der Waals surface area contributed by atoms with Gasteiger partial charge in [-0.2, -0.15) is 0 Å². The van der Waals surface area contributed by atoms with Crippen molar-refractivity contribution in [3.63, 3.8) is 0 Å². The molecule has 1 aromatic heterocycles. The Bertz CT molecular complexity index is 302. The maximum Gasteiger partial charge on any atom is 0.213 e. The van der Waals surface area contributed by atoms with E-state index in [1.54, 1.807) is 19.2 Å². The number of nitrogens with zero attached hydrogens (tertiary/aromatic N) is 1. The van der Waals surface area contributed by atoms with Crippen LogP contribution in [-0.4, -0.2) is 18.1 Å². The summed E-state index contributed by atoms with van der Waals surface area (Å²) in [7, 11) is 1.59. The van der Waals surface area contributed by atoms with E-state index in [9.17, 15) is 0 Å². The van der Waals surface area contributed by atoms with Crippen molar-refractivity contribution in [2.24, 2.45) is 0 Å². The topological polar surface area (TPSA) is 34.1 Å². The van der Waals surface area contributed by atoms with Crippen LogP contribution in [0.4, 0.5) is 0 Å². The molecule has 0 radical (unpaired) electrons. The molecule has 14 heavy (non-hydrogen) atoms. The van der Waals surface area contributed by atoms with Crippen LogP contribution in [0.25, 0.3) is 0 Å². The standard InChI is InChI=1S/C10H15ClN2O/c1-7(2)12-6-9-8(11)4-5-10(13-9)14-3/h4-5,7,12H,6H2,1-3H3. The summed E-state index contributed by atoms with van der Waals surface area (Å²) in [5.41, 5.74) is 0.819. The van der Waals surface area contributed by atoms with Crippen LogP contribution in [0.5, 0.6) is 5.88 Å². The molecule has 0 spiro atoms. The van der Waals surface area contributed by atoms with Gasteiger partial charge in [0.15, 0.2) is 0 Å². The minimum Gasteiger partial charge on any atom is -0.481 e. The smallest absolute Gasteiger partial charge is 0.213 e. The van der Waals surface area contributed by atoms with E-state index in [-0.39, 0.29) is 0 Å². The molecule has 1 aromatic rings. The van der Waals surface area contributed by atoms with Crippen LogP contribution in [0.1, 0.15) is 19.5 Å². The molecule has 0 aliphatic rings. The zero-order valence-corrected chi connectivity index (χ0v) is 9.43. The van der Waals surface area contributed by atoms with E-state index < -0.39 is 0 Å². The molecule has 0 amide bonds. The third-order valence-corrected chi connectivity index (χ3v) is 2.12. The molecule has 0 bridgehead atoms. The van der Waals surface area contributed by atoms with Crippen molar-refractivity contribution in [1.82, 2.24) is 10.3 Å². The molecule has 4 heteroatoms. The minimum absolute atomic E-state index is 0.416. The molecule has 1 heterocycles. The first-order valence-electron chi connectivity index (χ1n) is 4.56. The normalized spacial score (nSPS) is 10.6. The van der Waals surface area contributed by atoms with E-state index >= 15 is 0 Å². The molecule has 1 N–H and O–H groups in total. The Hall–Kier alpha value is -0.800. The molecule has 0 aromatic carbocycles. The number of halogens is 1. The summed E-state index contributed by atoms with van der Waals surface area (Å²) in [4.78, 5) is 4.25. The van der Waals surface area contributed by atoms with Crippen molar-refractivity contribution in [1.29, 1.82) is 0 Å². The van der Waals surface area contributed by atoms with E-state index in [0.717, 1.165) is 5.69 Å². The lowest BCUT2D eigenvalue weighted by atomic mass is 10.3. The Balaban J connectivity index is 2.73. The van der Waals surface area contributed by atoms with Crippen LogP contribution in [0.2, 0.25) is 5.02 Å². The molecule has 3 nitrogen and oxygen atoms in total. The van der Waals surface area contributed by atoms with Gasteiger partial charge in [-0.15, -0.1) is 0 Å². The number of rotatable bonds is 4. The van der Waals surface area contributed by atoms with Gasteiger partial charge in [0, 0.05) is 18.7 Å². The monoisotopic (exact) mass is 214 g/mol. The third kappa shape index (κ3) is 3.16. The maximum absolute atomic E-state index is 5.98. The van der Waals surface area contributed by atoms with Gasteiger partial charge in [0.2, 0.25) is 5.88 Å². The lowest BCUT2D eigenvalue weighted by Gasteiger charge is -2.09. The molecular weight excluding hydrogens is 200 g/mol. The molecular formula is C10H15ClN2O. The molecule has 0 aliphatic heterocycles. The van der Waals surface area contributed by atoms with Gasteiger partial charge in [-0.3, -0.25) is 0 Å². The molecule has 78 valence electrons. The highest BCUT2D eigenvalue weighted by molar-refractivity contribution is 6.31. The highest BCUT2D eigenvalue weighted by atomic mass is 35.5. The Labute approximate surface area is 89.4 Å². The quantitative estimate of drug-likeness (QED) is 0.835. The number of methoxy groups -OCH3 is 1. The van der Waals surface area contributed by atoms with Crippen LogP contribution >= 0.6 is 11.6 Å². The molecule has 0 fully saturated rings. The van der Waals surface area contributed by atoms with Gasteiger partial charge in [-0.05, 0) is 6.07 Å². The number of hydrogen-bond acceptors (Lipinski definition) is 3. The fraction of sp³-hybridized carbons (Fsp3) is 0.500. The van der Waals surface area contributed by atoms with Crippen molar-refractivity contribution in [3.8, 4) is 5.88 Å². The summed E-state index contributed by atoms with van der Waals surface area (Å²) in [6, 6.07) is 3.96. The van der Waals surface area contributed by atoms with Gasteiger partial charge in [-0.25, -0.2) is 4.98 Å². The molecule has 0 aliphatic carbocycles. The minimum atomic E-state index is 0.416. The second-order valence-electron chi connectivity index (χ2n) is 3.32. The Kier molecular flexibility index (Phi) is 4.17. The number of hydrogen-bond donors (Lipinski definition) is 1. The van der Waals surface area contributed by atoms with E-state index in [1.165, 1.54) is 0 Å². The second-order valence-corrected chi connectivity index (χ2v) is 3.72. The molecule has 0 saturated carbocycles. The lowest BCUT2D eigenvalue weighted by molar-refractivity contribution is 0.395. The summed E-state index contributed by atoms with van der Waals surface area (Å²) < 4.78 is 5.02. The van der Waals surface area contributed by atoms with Crippen molar-refractivity contribution < 1.29 is 4.74 Å². The Morgan fingerprint density at radius 2 is 2.21 bits per heavy atom. The van der Waals surface area contributed by atoms with Crippen LogP contribution < -0.4 is 10.1 Å². The van der Waals surface area contributed by atoms with Crippen molar-refractivity contribution >= 4 is 11.6 Å². The van der Waals surface area contributed by atoms with Crippen LogP contribution in [0, 0.1) is 0 Å². The first-order chi connectivity index (χ1) is 6.63. The van der Waals surface area contributed by atoms with Crippen molar-refractivity contribution in [3.05, 3.63) is 22.8 Å². The SMILES string of the molecule is COc1ccc(Cl)c(CNC(C)C)n1. The maximum atomic E-state index is 5.98. The first kappa shape index (κ1) is 11.3. The number of nitrogens with one attached hydrogen (secondary N) is 1. The van der Waals surface area contributed by atoms with E-state index in [0.29, 0.717) is 23.5 Å². The van der Waals surface area contributed by atoms with Crippen LogP contribution in [-0.2, 0) is 6.54 Å². The predicted molar refractivity (Wildman–Crippen MR) is 57.8 cm³/mol. The summed E-state index contributed by atoms with van der Waals surface area (Å²) in [6.07, 6.45) is 0. The summed E-state index contributed by atoms with van der Waals surface area (Å²) in [6.45, 7) is 4.82. The summed E-state index contributed by atoms with van der Waals surface area (Å²) >= 11 is 5.98. The molecule has 0 saturated heterocycles. The molecule has 1 rings (SSSR count). The van der Waals surface area contributed by atoms with Gasteiger partial charge >= 0.3 is 0 Å². The van der Waals surface area contributed by atoms with Crippen molar-refractivity contribution in [2.75, 3.05) is 7.11 Å². The Morgan fingerprint density at radius 3 is 2.79 bits per heavy atom. The molecule has 0 unspecified atom stereocenters. The van der Waals surface area contributed by atoms with Crippen LogP contribution in [0.3, 0.4) is 0 Å². The fourth-order valence-corrected chi connectivity index (χ4v) is 1.17. The van der Waals surface area contributed by atoms with Gasteiger partial charge in [-0.1, -0.05) is 25.4 Å². The van der Waals surface area contributed by atoms with Crippen molar-refractivity contribution in [2.45, 2.75) is 26.4 Å². The first-order valence-corrected chi connectivity index (χ1v) is 4.94. The predicted octanol–water partition coefficient (Wildman–Crippen LogP) is 2.24. The number of aromatic nitrogens is 1. The third-order valence-electron chi connectivity index (χ3n) is 1.78. The lowest BCUT2D eigenvalue weighted by Crippen LogP contribution is -2.22. The fourth-order valence-electron chi connectivity index (χ4n) is 1.00. The summed E-state index contributed by atoms with van der Waals surface area (Å²) in [5.74, 6) is 0.593. The Morgan fingerprint density at radius 1 is 1.50 bits per heavy atom. The van der Waals surface area contributed by atoms with Gasteiger partial charge in [0.05, 0.1) is 17.8 Å². The van der Waals surface area contributed by atoms with Gasteiger partial charge < -0.3 is 10.1 Å². The average molecular weight is 215 g/mol. The number of ether oxygens (including phenoxy) is 1. The number of pyridine rings is 1. The van der Waals surface area contributed by atoms with Crippen LogP contribution in [0.15, 0.2) is 12.1 Å². The highest BCUT2D eigenvalue weighted by Crippen LogP contribution is 2.17. The van der Waals surface area contributed by atoms with E-state index in [4.69, 9.17) is 16.3 Å². The van der Waals surface area contributed by atoms with Gasteiger partial charge in [0.1, 0.15) is 0 Å². The molecule has 0 atom stereocenters. The zero-order chi connectivity index (χ0) is 10.6. The van der Waals surface area contributed by atoms with Gasteiger partial charge in [0.25, 0.3) is 0 Å². The second kappa shape index (κ2) is 5.17. The largest absolute Gasteiger partial charge is 0.481 e. The summed E-state index contributed by atoms with van der Waals surface area (Å²) in [5, 5.41) is 3.92. The van der Waals surface area contributed by atoms with E-state index in [1.807, 2.05) is 0 Å². The van der Waals surface area contributed by atoms with E-state index in [2.05, 4.69) is 24.1 Å². The highest BCUT2D eigenvalue weighted by Gasteiger charge is 2.04.